The fourth-order valence-corrected chi connectivity index (χ4v) is 0. The lowest BCUT2D eigenvalue weighted by molar-refractivity contribution is 2.49. The maximum atomic E-state index is 3.47. The summed E-state index contributed by atoms with van der Waals surface area (Å²) in [6.07, 6.45) is 2.19. The van der Waals surface area contributed by atoms with Crippen LogP contribution in [0.15, 0.2) is 0 Å². The summed E-state index contributed by atoms with van der Waals surface area (Å²) in [7, 11) is 5.12. The van der Waals surface area contributed by atoms with Gasteiger partial charge in [0, 0.05) is 0 Å². The molecule has 3 heteroatoms. The van der Waals surface area contributed by atoms with Crippen LogP contribution in [-0.2, 0) is 9.25 Å². The Kier molecular flexibility index (Phi) is 3.75. The molecule has 0 aliphatic heterocycles. The first-order valence-electron chi connectivity index (χ1n) is 1.32. The lowest BCUT2D eigenvalue weighted by Crippen LogP contribution is -1.40. The monoisotopic (exact) mass is 126 g/mol. The molecular formula is C2H8P2S. The Morgan fingerprint density at radius 2 is 2.00 bits per heavy atom. The van der Waals surface area contributed by atoms with Crippen molar-refractivity contribution in [3.63, 3.8) is 0 Å². The van der Waals surface area contributed by atoms with Crippen molar-refractivity contribution < 1.29 is 0 Å². The van der Waals surface area contributed by atoms with E-state index in [0.717, 1.165) is 0 Å². The van der Waals surface area contributed by atoms with Gasteiger partial charge in [0.15, 0.2) is 0 Å². The summed E-state index contributed by atoms with van der Waals surface area (Å²) < 4.78 is 0. The fourth-order valence-electron chi connectivity index (χ4n) is 0. The quantitative estimate of drug-likeness (QED) is 0.369. The molecule has 0 spiro atoms. The molecule has 0 heterocycles. The van der Waals surface area contributed by atoms with Crippen LogP contribution in [0.5, 0.6) is 0 Å². The van der Waals surface area contributed by atoms with Crippen molar-refractivity contribution in [1.82, 2.24) is 0 Å². The van der Waals surface area contributed by atoms with E-state index in [0.29, 0.717) is 0 Å². The third-order valence-electron chi connectivity index (χ3n) is 0.300. The van der Waals surface area contributed by atoms with E-state index in [9.17, 15) is 0 Å². The Morgan fingerprint density at radius 1 is 1.80 bits per heavy atom. The smallest absolute Gasteiger partial charge is 0.0173 e. The van der Waals surface area contributed by atoms with Gasteiger partial charge in [-0.15, -0.1) is 0 Å². The normalized spacial score (nSPS) is 15.6. The van der Waals surface area contributed by atoms with Gasteiger partial charge < -0.3 is 0 Å². The highest BCUT2D eigenvalue weighted by molar-refractivity contribution is 8.32. The van der Waals surface area contributed by atoms with Gasteiger partial charge in [0.05, 0.1) is 0 Å². The van der Waals surface area contributed by atoms with E-state index in [1.54, 1.807) is 0 Å². The molecule has 0 rings (SSSR count). The molecule has 0 aromatic heterocycles. The van der Waals surface area contributed by atoms with Crippen molar-refractivity contribution in [3.05, 3.63) is 0 Å². The van der Waals surface area contributed by atoms with Gasteiger partial charge in [0.2, 0.25) is 0 Å². The van der Waals surface area contributed by atoms with Crippen LogP contribution in [0.3, 0.4) is 0 Å². The predicted molar refractivity (Wildman–Crippen MR) is 35.8 cm³/mol. The highest BCUT2D eigenvalue weighted by Gasteiger charge is 1.44. The van der Waals surface area contributed by atoms with Gasteiger partial charge in [-0.3, -0.25) is 0 Å². The van der Waals surface area contributed by atoms with Crippen LogP contribution in [0, 0.1) is 0 Å². The van der Waals surface area contributed by atoms with Crippen molar-refractivity contribution in [3.8, 4) is 0 Å². The van der Waals surface area contributed by atoms with E-state index in [-0.39, 0.29) is 9.25 Å². The van der Waals surface area contributed by atoms with Crippen molar-refractivity contribution in [2.75, 3.05) is 12.9 Å². The van der Waals surface area contributed by atoms with Gasteiger partial charge in [-0.2, -0.15) is 9.25 Å². The molecule has 0 nitrogen and oxygen atoms in total. The zero-order valence-corrected chi connectivity index (χ0v) is 6.18. The zero-order chi connectivity index (χ0) is 4.28. The molecule has 0 N–H and O–H groups in total. The molecular weight excluding hydrogens is 118 g/mol. The van der Waals surface area contributed by atoms with Gasteiger partial charge in [-0.1, -0.05) is 15.4 Å². The van der Waals surface area contributed by atoms with E-state index >= 15 is 0 Å². The molecule has 0 fully saturated rings. The zero-order valence-electron chi connectivity index (χ0n) is 3.39. The molecule has 0 aromatic carbocycles. The van der Waals surface area contributed by atoms with Crippen LogP contribution in [0.4, 0.5) is 0 Å². The molecule has 0 saturated carbocycles. The summed E-state index contributed by atoms with van der Waals surface area (Å²) in [6, 6.07) is 0. The maximum Gasteiger partial charge on any atom is -0.0173 e. The van der Waals surface area contributed by atoms with Crippen LogP contribution in [0.25, 0.3) is 0 Å². The second-order valence-corrected chi connectivity index (χ2v) is 8.31. The molecule has 32 valence electrons. The summed E-state index contributed by atoms with van der Waals surface area (Å²) >= 11 is 0. The summed E-state index contributed by atoms with van der Waals surface area (Å²) in [5.41, 5.74) is 0. The first kappa shape index (κ1) is 5.95. The van der Waals surface area contributed by atoms with E-state index < -0.39 is 0 Å². The molecule has 5 heavy (non-hydrogen) atoms. The van der Waals surface area contributed by atoms with Crippen molar-refractivity contribution in [2.45, 2.75) is 0 Å². The summed E-state index contributed by atoms with van der Waals surface area (Å²) in [5.74, 6) is 0. The maximum absolute atomic E-state index is 3.47. The summed E-state index contributed by atoms with van der Waals surface area (Å²) in [5, 5.41) is 0. The van der Waals surface area contributed by atoms with Crippen LogP contribution >= 0.6 is 15.4 Å². The number of hydrogen-bond donors (Lipinski definition) is 1. The molecule has 1 atom stereocenters. The van der Waals surface area contributed by atoms with Crippen molar-refractivity contribution >= 4 is 24.6 Å². The molecule has 1 unspecified atom stereocenters. The summed E-state index contributed by atoms with van der Waals surface area (Å²) in [4.78, 5) is 0. The van der Waals surface area contributed by atoms with Gasteiger partial charge in [0.25, 0.3) is 0 Å². The molecule has 0 saturated heterocycles. The number of hydrogen-bond acceptors (Lipinski definition) is 0. The van der Waals surface area contributed by atoms with Crippen LogP contribution in [0.1, 0.15) is 0 Å². The molecule has 0 bridgehead atoms. The molecule has 0 radical (unpaired) electrons. The predicted octanol–water partition coefficient (Wildman–Crippen LogP) is 1.52. The Morgan fingerprint density at radius 3 is 2.00 bits per heavy atom. The third-order valence-corrected chi connectivity index (χ3v) is 4.50. The Hall–Kier alpha value is 0.950. The highest BCUT2D eigenvalue weighted by Crippen LogP contribution is 1.89. The topological polar surface area (TPSA) is 0 Å². The second kappa shape index (κ2) is 3.15. The third kappa shape index (κ3) is 4.95. The largest absolute Gasteiger partial charge is 0.179 e. The Labute approximate surface area is 38.2 Å². The van der Waals surface area contributed by atoms with E-state index in [1.807, 2.05) is 0 Å². The van der Waals surface area contributed by atoms with E-state index in [4.69, 9.17) is 0 Å². The standard InChI is InChI=1S/C2H8P2S/c1-4-5(2)3/h3,5H,1-2H3. The molecule has 0 amide bonds. The minimum absolute atomic E-state index is 0.180. The van der Waals surface area contributed by atoms with Crippen LogP contribution < -0.4 is 0 Å². The summed E-state index contributed by atoms with van der Waals surface area (Å²) in [6.45, 7) is 2.15. The minimum atomic E-state index is 0.180. The molecule has 0 aliphatic carbocycles. The average Bonchev–Trinajstić information content (AvgIpc) is 1.38. The number of rotatable bonds is 0. The van der Waals surface area contributed by atoms with Gasteiger partial charge >= 0.3 is 0 Å². The SMILES string of the molecule is C/P=[SH](/C)=P. The lowest BCUT2D eigenvalue weighted by Gasteiger charge is -1.64. The second-order valence-electron chi connectivity index (χ2n) is 0.724. The van der Waals surface area contributed by atoms with Crippen molar-refractivity contribution in [2.24, 2.45) is 0 Å². The van der Waals surface area contributed by atoms with E-state index in [1.165, 1.54) is 7.36 Å². The van der Waals surface area contributed by atoms with Gasteiger partial charge in [0.1, 0.15) is 0 Å². The first-order valence-corrected chi connectivity index (χ1v) is 6.50. The molecule has 0 aliphatic rings. The Bertz CT molecular complexity index is 79.6. The van der Waals surface area contributed by atoms with E-state index in [2.05, 4.69) is 20.9 Å². The van der Waals surface area contributed by atoms with Crippen LogP contribution in [-0.4, -0.2) is 12.9 Å². The number of thiol groups is 1. The average molecular weight is 126 g/mol. The fraction of sp³-hybridized carbons (Fsp3) is 1.00. The van der Waals surface area contributed by atoms with Gasteiger partial charge in [-0.25, -0.2) is 0 Å². The molecule has 0 aromatic rings. The van der Waals surface area contributed by atoms with Crippen molar-refractivity contribution in [1.29, 1.82) is 0 Å². The van der Waals surface area contributed by atoms with Crippen LogP contribution in [0.2, 0.25) is 0 Å². The first-order chi connectivity index (χ1) is 2.27. The lowest BCUT2D eigenvalue weighted by atomic mass is 12.0. The highest BCUT2D eigenvalue weighted by atomic mass is 32.7. The minimum Gasteiger partial charge on any atom is -0.179 e. The van der Waals surface area contributed by atoms with Gasteiger partial charge in [-0.05, 0) is 12.9 Å². The Balaban J connectivity index is 3.62.